The molecule has 9 nitrogen and oxygen atoms in total. The van der Waals surface area contributed by atoms with Crippen molar-refractivity contribution in [3.63, 3.8) is 0 Å². The van der Waals surface area contributed by atoms with Crippen molar-refractivity contribution in [1.82, 2.24) is 5.48 Å². The van der Waals surface area contributed by atoms with Crippen LogP contribution in [0, 0.1) is 16.2 Å². The second-order valence-corrected chi connectivity index (χ2v) is 3.94. The first-order valence-corrected chi connectivity index (χ1v) is 5.16. The molecule has 0 fully saturated rings. The van der Waals surface area contributed by atoms with E-state index in [1.807, 2.05) is 0 Å². The SMILES string of the molecule is N=C(N)CCC(CCC(=N)N)(C(N)=O)C(=O)NO. The van der Waals surface area contributed by atoms with E-state index in [0.717, 1.165) is 0 Å². The van der Waals surface area contributed by atoms with E-state index >= 15 is 0 Å². The largest absolute Gasteiger partial charge is 0.388 e. The highest BCUT2D eigenvalue weighted by atomic mass is 16.5. The third kappa shape index (κ3) is 4.01. The van der Waals surface area contributed by atoms with Crippen LogP contribution in [0.25, 0.3) is 0 Å². The van der Waals surface area contributed by atoms with Crippen LogP contribution < -0.4 is 22.7 Å². The molecule has 0 aromatic heterocycles. The molecule has 0 radical (unpaired) electrons. The van der Waals surface area contributed by atoms with E-state index in [0.29, 0.717) is 0 Å². The lowest BCUT2D eigenvalue weighted by Gasteiger charge is -2.27. The molecular formula is C9H18N6O3. The molecule has 10 N–H and O–H groups in total. The van der Waals surface area contributed by atoms with Crippen LogP contribution in [0.2, 0.25) is 0 Å². The number of primary amides is 1. The average molecular weight is 258 g/mol. The van der Waals surface area contributed by atoms with Gasteiger partial charge in [-0.1, -0.05) is 0 Å². The summed E-state index contributed by atoms with van der Waals surface area (Å²) in [4.78, 5) is 23.1. The zero-order chi connectivity index (χ0) is 14.3. The minimum atomic E-state index is -1.73. The summed E-state index contributed by atoms with van der Waals surface area (Å²) >= 11 is 0. The highest BCUT2D eigenvalue weighted by Crippen LogP contribution is 2.30. The van der Waals surface area contributed by atoms with E-state index in [1.54, 1.807) is 0 Å². The normalized spacial score (nSPS) is 13.4. The van der Waals surface area contributed by atoms with Gasteiger partial charge in [0, 0.05) is 12.8 Å². The molecule has 18 heavy (non-hydrogen) atoms. The van der Waals surface area contributed by atoms with Gasteiger partial charge in [-0.05, 0) is 12.8 Å². The average Bonchev–Trinajstić information content (AvgIpc) is 2.27. The van der Waals surface area contributed by atoms with E-state index in [9.17, 15) is 9.59 Å². The second kappa shape index (κ2) is 6.55. The third-order valence-electron chi connectivity index (χ3n) is 2.65. The van der Waals surface area contributed by atoms with Crippen molar-refractivity contribution in [1.29, 1.82) is 10.8 Å². The van der Waals surface area contributed by atoms with Crippen LogP contribution >= 0.6 is 0 Å². The number of carbonyl (C=O) groups is 2. The topological polar surface area (TPSA) is 192 Å². The Kier molecular flexibility index (Phi) is 5.76. The van der Waals surface area contributed by atoms with Gasteiger partial charge in [-0.3, -0.25) is 25.6 Å². The molecule has 0 unspecified atom stereocenters. The van der Waals surface area contributed by atoms with Gasteiger partial charge in [-0.25, -0.2) is 5.48 Å². The molecule has 0 rings (SSSR count). The zero-order valence-corrected chi connectivity index (χ0v) is 9.82. The summed E-state index contributed by atoms with van der Waals surface area (Å²) in [6.45, 7) is 0. The Bertz CT molecular complexity index is 349. The molecule has 9 heteroatoms. The fraction of sp³-hybridized carbons (Fsp3) is 0.556. The van der Waals surface area contributed by atoms with Crippen molar-refractivity contribution in [3.8, 4) is 0 Å². The first kappa shape index (κ1) is 15.8. The summed E-state index contributed by atoms with van der Waals surface area (Å²) in [5.41, 5.74) is 15.2. The summed E-state index contributed by atoms with van der Waals surface area (Å²) in [6.07, 6.45) is -0.322. The predicted octanol–water partition coefficient (Wildman–Crippen LogP) is -1.60. The molecule has 0 aromatic carbocycles. The van der Waals surface area contributed by atoms with Crippen LogP contribution in [0.4, 0.5) is 0 Å². The standard InChI is InChI=1S/C9H18N6O3/c10-5(11)1-3-9(7(14)16,8(17)15-18)4-2-6(12)13/h18H,1-4H2,(H3,10,11)(H3,12,13)(H2,14,16)(H,15,17). The fourth-order valence-electron chi connectivity index (χ4n) is 1.51. The maximum absolute atomic E-state index is 11.6. The molecule has 0 heterocycles. The Morgan fingerprint density at radius 2 is 1.44 bits per heavy atom. The molecule has 0 aromatic rings. The van der Waals surface area contributed by atoms with Gasteiger partial charge in [0.25, 0.3) is 5.91 Å². The lowest BCUT2D eigenvalue weighted by Crippen LogP contribution is -2.49. The maximum Gasteiger partial charge on any atom is 0.259 e. The lowest BCUT2D eigenvalue weighted by molar-refractivity contribution is -0.148. The zero-order valence-electron chi connectivity index (χ0n) is 9.82. The number of rotatable bonds is 8. The summed E-state index contributed by atoms with van der Waals surface area (Å²) in [6, 6.07) is 0. The minimum absolute atomic E-state index is 0.0335. The number of hydroxylamine groups is 1. The molecule has 0 aliphatic rings. The molecule has 0 saturated carbocycles. The van der Waals surface area contributed by atoms with Crippen LogP contribution in [0.3, 0.4) is 0 Å². The second-order valence-electron chi connectivity index (χ2n) is 3.94. The van der Waals surface area contributed by atoms with Gasteiger partial charge in [0.1, 0.15) is 5.41 Å². The van der Waals surface area contributed by atoms with Crippen molar-refractivity contribution in [2.45, 2.75) is 25.7 Å². The Hall–Kier alpha value is -2.16. The molecule has 0 saturated heterocycles. The third-order valence-corrected chi connectivity index (χ3v) is 2.65. The van der Waals surface area contributed by atoms with Crippen LogP contribution in [0.1, 0.15) is 25.7 Å². The number of nitrogens with one attached hydrogen (secondary N) is 3. The van der Waals surface area contributed by atoms with Gasteiger partial charge in [0.15, 0.2) is 0 Å². The fourth-order valence-corrected chi connectivity index (χ4v) is 1.51. The number of carbonyl (C=O) groups excluding carboxylic acids is 2. The number of hydrogen-bond acceptors (Lipinski definition) is 5. The Morgan fingerprint density at radius 3 is 1.67 bits per heavy atom. The first-order chi connectivity index (χ1) is 8.26. The van der Waals surface area contributed by atoms with Crippen LogP contribution in [0.15, 0.2) is 0 Å². The van der Waals surface area contributed by atoms with E-state index < -0.39 is 17.2 Å². The molecule has 102 valence electrons. The van der Waals surface area contributed by atoms with E-state index in [2.05, 4.69) is 0 Å². The highest BCUT2D eigenvalue weighted by Gasteiger charge is 2.43. The number of amidine groups is 2. The number of amides is 2. The van der Waals surface area contributed by atoms with E-state index in [4.69, 9.17) is 33.2 Å². The Labute approximate surface area is 104 Å². The van der Waals surface area contributed by atoms with Crippen molar-refractivity contribution in [3.05, 3.63) is 0 Å². The first-order valence-electron chi connectivity index (χ1n) is 5.16. The molecule has 0 aliphatic carbocycles. The van der Waals surface area contributed by atoms with Crippen molar-refractivity contribution in [2.24, 2.45) is 22.6 Å². The molecule has 2 amide bonds. The van der Waals surface area contributed by atoms with Gasteiger partial charge >= 0.3 is 0 Å². The van der Waals surface area contributed by atoms with Gasteiger partial charge in [-0.15, -0.1) is 0 Å². The monoisotopic (exact) mass is 258 g/mol. The summed E-state index contributed by atoms with van der Waals surface area (Å²) in [7, 11) is 0. The quantitative estimate of drug-likeness (QED) is 0.0903. The molecule has 0 aliphatic heterocycles. The summed E-state index contributed by atoms with van der Waals surface area (Å²) in [5.74, 6) is -2.38. The van der Waals surface area contributed by atoms with E-state index in [1.165, 1.54) is 5.48 Å². The number of nitrogens with two attached hydrogens (primary N) is 3. The van der Waals surface area contributed by atoms with Crippen LogP contribution in [0.5, 0.6) is 0 Å². The summed E-state index contributed by atoms with van der Waals surface area (Å²) in [5, 5.41) is 22.9. The van der Waals surface area contributed by atoms with Crippen molar-refractivity contribution in [2.75, 3.05) is 0 Å². The van der Waals surface area contributed by atoms with Gasteiger partial charge in [0.05, 0.1) is 11.7 Å². The van der Waals surface area contributed by atoms with Gasteiger partial charge in [0.2, 0.25) is 5.91 Å². The molecule has 0 spiro atoms. The van der Waals surface area contributed by atoms with Gasteiger partial charge in [-0.2, -0.15) is 0 Å². The summed E-state index contributed by atoms with van der Waals surface area (Å²) < 4.78 is 0. The number of hydrogen-bond donors (Lipinski definition) is 7. The smallest absolute Gasteiger partial charge is 0.259 e. The van der Waals surface area contributed by atoms with E-state index in [-0.39, 0.29) is 37.4 Å². The minimum Gasteiger partial charge on any atom is -0.388 e. The van der Waals surface area contributed by atoms with Crippen molar-refractivity contribution < 1.29 is 14.8 Å². The van der Waals surface area contributed by atoms with Gasteiger partial charge < -0.3 is 17.2 Å². The molecule has 0 atom stereocenters. The van der Waals surface area contributed by atoms with Crippen LogP contribution in [-0.2, 0) is 9.59 Å². The lowest BCUT2D eigenvalue weighted by atomic mass is 9.77. The Morgan fingerprint density at radius 1 is 1.06 bits per heavy atom. The predicted molar refractivity (Wildman–Crippen MR) is 63.9 cm³/mol. The molecular weight excluding hydrogens is 240 g/mol. The maximum atomic E-state index is 11.6. The Balaban J connectivity index is 5.14. The van der Waals surface area contributed by atoms with Crippen molar-refractivity contribution >= 4 is 23.5 Å². The molecule has 0 bridgehead atoms. The highest BCUT2D eigenvalue weighted by molar-refractivity contribution is 6.04. The van der Waals surface area contributed by atoms with Crippen LogP contribution in [-0.4, -0.2) is 28.7 Å².